The number of benzene rings is 1. The van der Waals surface area contributed by atoms with Crippen LogP contribution in [0.5, 0.6) is 17.2 Å². The van der Waals surface area contributed by atoms with Crippen molar-refractivity contribution >= 4 is 23.3 Å². The summed E-state index contributed by atoms with van der Waals surface area (Å²) in [7, 11) is 0. The number of hydrogen-bond acceptors (Lipinski definition) is 9. The van der Waals surface area contributed by atoms with Gasteiger partial charge in [0.05, 0.1) is 11.1 Å². The maximum Gasteiger partial charge on any atom is 0.326 e. The third-order valence-electron chi connectivity index (χ3n) is 8.40. The van der Waals surface area contributed by atoms with Gasteiger partial charge in [0.25, 0.3) is 0 Å². The molecule has 3 atom stereocenters. The predicted molar refractivity (Wildman–Crippen MR) is 150 cm³/mol. The second kappa shape index (κ2) is 11.1. The Morgan fingerprint density at radius 2 is 1.81 bits per heavy atom. The van der Waals surface area contributed by atoms with Crippen LogP contribution in [0, 0.1) is 6.92 Å². The number of carbonyl (C=O) groups excluding carboxylic acids is 3. The minimum Gasteiger partial charge on any atom is -0.507 e. The van der Waals surface area contributed by atoms with E-state index in [-0.39, 0.29) is 52.1 Å². The molecule has 0 saturated carbocycles. The van der Waals surface area contributed by atoms with Crippen molar-refractivity contribution in [2.75, 3.05) is 13.1 Å². The van der Waals surface area contributed by atoms with E-state index >= 15 is 0 Å². The number of H-pyrrole nitrogens is 1. The van der Waals surface area contributed by atoms with Crippen LogP contribution in [0.4, 0.5) is 0 Å². The molecular weight excluding hydrogens is 544 g/mol. The number of allylic oxidation sites excluding steroid dienone is 4. The summed E-state index contributed by atoms with van der Waals surface area (Å²) < 4.78 is 7.73. The van der Waals surface area contributed by atoms with E-state index in [1.807, 2.05) is 25.3 Å². The van der Waals surface area contributed by atoms with E-state index in [1.54, 1.807) is 12.5 Å². The molecule has 0 spiro atoms. The molecule has 5 N–H and O–H groups in total. The van der Waals surface area contributed by atoms with Gasteiger partial charge in [0, 0.05) is 23.8 Å². The van der Waals surface area contributed by atoms with Crippen LogP contribution in [0.2, 0.25) is 0 Å². The molecule has 1 aromatic carbocycles. The van der Waals surface area contributed by atoms with Gasteiger partial charge in [0.1, 0.15) is 51.9 Å². The number of fused-ring (bicyclic) bond motifs is 3. The standard InChI is InChI=1S/C30H36N4O8/c1-8-33(9-2)17(6)34-13-31-12-18(34)10-19(29(40)41)32-15(4)22-20(36)11-21-30(7,28(22)39)24-26(38)14(3)25(37)23(16(5)35)27(24)42-21/h11-13,17,19H,8-10H2,1-7H3,(H4,32,35,36,37,38,39,40,41)/p+1/t17?,19-,30-/m0/s1. The van der Waals surface area contributed by atoms with Gasteiger partial charge in [-0.05, 0) is 47.7 Å². The maximum absolute atomic E-state index is 14.1. The number of nitrogens with zero attached hydrogens (tertiary/aromatic N) is 2. The Bertz CT molecular complexity index is 1570. The first-order chi connectivity index (χ1) is 19.7. The number of nitrogens with one attached hydrogen (secondary N) is 2. The number of rotatable bonds is 10. The molecule has 12 nitrogen and oxygen atoms in total. The lowest BCUT2D eigenvalue weighted by molar-refractivity contribution is -0.745. The van der Waals surface area contributed by atoms with Gasteiger partial charge in [0.15, 0.2) is 23.5 Å². The van der Waals surface area contributed by atoms with Gasteiger partial charge in [-0.25, -0.2) is 14.3 Å². The predicted octanol–water partition coefficient (Wildman–Crippen LogP) is 2.33. The monoisotopic (exact) mass is 581 g/mol. The van der Waals surface area contributed by atoms with Crippen LogP contribution in [-0.4, -0.2) is 67.7 Å². The first kappa shape index (κ1) is 30.5. The number of ether oxygens (including phenoxy) is 1. The van der Waals surface area contributed by atoms with E-state index in [2.05, 4.69) is 15.2 Å². The molecule has 2 aromatic rings. The minimum atomic E-state index is -1.70. The fourth-order valence-corrected chi connectivity index (χ4v) is 5.92. The molecule has 0 amide bonds. The first-order valence-electron chi connectivity index (χ1n) is 13.8. The Balaban J connectivity index is 1.74. The number of aliphatic carboxylic acids is 1. The zero-order chi connectivity index (χ0) is 31.3. The number of carbonyl (C=O) groups is 4. The highest BCUT2D eigenvalue weighted by Gasteiger charge is 2.56. The van der Waals surface area contributed by atoms with Crippen LogP contribution in [0.1, 0.15) is 74.9 Å². The number of imidazole rings is 1. The summed E-state index contributed by atoms with van der Waals surface area (Å²) in [6.07, 6.45) is 4.58. The normalized spacial score (nSPS) is 20.4. The average molecular weight is 582 g/mol. The summed E-state index contributed by atoms with van der Waals surface area (Å²) in [5.74, 6) is -4.38. The minimum absolute atomic E-state index is 0.0141. The molecule has 2 heterocycles. The number of ketones is 3. The molecule has 4 rings (SSSR count). The van der Waals surface area contributed by atoms with Gasteiger partial charge in [-0.2, -0.15) is 0 Å². The number of phenolic OH excluding ortho intramolecular Hbond substituents is 2. The zero-order valence-corrected chi connectivity index (χ0v) is 24.8. The van der Waals surface area contributed by atoms with Crippen molar-refractivity contribution in [3.8, 4) is 17.2 Å². The van der Waals surface area contributed by atoms with Crippen molar-refractivity contribution in [1.29, 1.82) is 0 Å². The van der Waals surface area contributed by atoms with Crippen LogP contribution < -0.4 is 14.6 Å². The van der Waals surface area contributed by atoms with E-state index in [4.69, 9.17) is 4.74 Å². The molecule has 12 heteroatoms. The molecule has 1 aliphatic carbocycles. The number of carboxylic acid groups (broad SMARTS) is 1. The summed E-state index contributed by atoms with van der Waals surface area (Å²) in [4.78, 5) is 57.3. The van der Waals surface area contributed by atoms with Gasteiger partial charge in [-0.3, -0.25) is 19.3 Å². The molecule has 42 heavy (non-hydrogen) atoms. The van der Waals surface area contributed by atoms with E-state index in [0.29, 0.717) is 5.69 Å². The highest BCUT2D eigenvalue weighted by Crippen LogP contribution is 2.57. The summed E-state index contributed by atoms with van der Waals surface area (Å²) in [5, 5.41) is 34.5. The van der Waals surface area contributed by atoms with Gasteiger partial charge in [0.2, 0.25) is 6.33 Å². The molecule has 0 radical (unpaired) electrons. The van der Waals surface area contributed by atoms with E-state index in [0.717, 1.165) is 19.2 Å². The van der Waals surface area contributed by atoms with Gasteiger partial charge in [-0.1, -0.05) is 13.8 Å². The van der Waals surface area contributed by atoms with Gasteiger partial charge in [-0.15, -0.1) is 0 Å². The van der Waals surface area contributed by atoms with Crippen molar-refractivity contribution in [2.24, 2.45) is 0 Å². The topological polar surface area (TPSA) is 173 Å². The van der Waals surface area contributed by atoms with E-state index < -0.39 is 46.3 Å². The third-order valence-corrected chi connectivity index (χ3v) is 8.40. The number of hydrogen-bond donors (Lipinski definition) is 5. The van der Waals surface area contributed by atoms with E-state index in [1.165, 1.54) is 27.7 Å². The Labute approximate surface area is 243 Å². The number of carboxylic acids is 1. The van der Waals surface area contributed by atoms with Crippen LogP contribution in [0.25, 0.3) is 0 Å². The van der Waals surface area contributed by atoms with Crippen LogP contribution >= 0.6 is 0 Å². The average Bonchev–Trinajstić information content (AvgIpc) is 3.50. The molecule has 1 unspecified atom stereocenters. The van der Waals surface area contributed by atoms with Crippen LogP contribution in [0.3, 0.4) is 0 Å². The highest BCUT2D eigenvalue weighted by molar-refractivity contribution is 6.31. The fourth-order valence-electron chi connectivity index (χ4n) is 5.92. The molecule has 0 saturated heterocycles. The lowest BCUT2D eigenvalue weighted by Gasteiger charge is -2.29. The SMILES string of the molecule is CCN(CC)C(C)[n+]1c[nH]cc1C[C@H](N/C(C)=C1\C(=O)C=C2Oc3c(C(C)=O)c(O)c(C)c(O)c3[C@@]2(C)C1=O)C(=O)O. The molecule has 224 valence electrons. The van der Waals surface area contributed by atoms with Crippen molar-refractivity contribution in [3.05, 3.63) is 58.0 Å². The Morgan fingerprint density at radius 3 is 2.38 bits per heavy atom. The number of aromatic nitrogens is 2. The molecular formula is C30H37N4O8+. The van der Waals surface area contributed by atoms with Crippen molar-refractivity contribution < 1.29 is 43.8 Å². The molecule has 0 fully saturated rings. The van der Waals surface area contributed by atoms with Crippen molar-refractivity contribution in [2.45, 2.75) is 72.5 Å². The molecule has 0 bridgehead atoms. The second-order valence-corrected chi connectivity index (χ2v) is 10.8. The lowest BCUT2D eigenvalue weighted by atomic mass is 9.70. The zero-order valence-electron chi connectivity index (χ0n) is 24.8. The Kier molecular flexibility index (Phi) is 8.05. The third kappa shape index (κ3) is 4.65. The molecule has 1 aliphatic heterocycles. The second-order valence-electron chi connectivity index (χ2n) is 10.8. The highest BCUT2D eigenvalue weighted by atomic mass is 16.5. The van der Waals surface area contributed by atoms with Gasteiger partial charge >= 0.3 is 5.97 Å². The largest absolute Gasteiger partial charge is 0.507 e. The molecule has 2 aliphatic rings. The van der Waals surface area contributed by atoms with Crippen LogP contribution in [0.15, 0.2) is 35.6 Å². The lowest BCUT2D eigenvalue weighted by Crippen LogP contribution is -2.51. The summed E-state index contributed by atoms with van der Waals surface area (Å²) in [6.45, 7) is 13.2. The molecule has 1 aromatic heterocycles. The quantitative estimate of drug-likeness (QED) is 0.121. The van der Waals surface area contributed by atoms with Crippen molar-refractivity contribution in [1.82, 2.24) is 15.2 Å². The maximum atomic E-state index is 14.1. The van der Waals surface area contributed by atoms with Crippen molar-refractivity contribution in [3.63, 3.8) is 0 Å². The van der Waals surface area contributed by atoms with Crippen LogP contribution in [-0.2, 0) is 26.2 Å². The summed E-state index contributed by atoms with van der Waals surface area (Å²) in [6, 6.07) is -1.19. The number of phenols is 2. The fraction of sp³-hybridized carbons (Fsp3) is 0.433. The smallest absolute Gasteiger partial charge is 0.326 e. The Morgan fingerprint density at radius 1 is 1.17 bits per heavy atom. The Hall–Kier alpha value is -4.45. The van der Waals surface area contributed by atoms with Gasteiger partial charge < -0.3 is 25.4 Å². The first-order valence-corrected chi connectivity index (χ1v) is 13.8. The number of aromatic hydroxyl groups is 2. The van der Waals surface area contributed by atoms with E-state index in [9.17, 15) is 34.5 Å². The number of aromatic amines is 1. The summed E-state index contributed by atoms with van der Waals surface area (Å²) in [5.41, 5.74) is -1.50. The number of Topliss-reactive ketones (excluding diaryl/α,β-unsaturated/α-hetero) is 2. The summed E-state index contributed by atoms with van der Waals surface area (Å²) >= 11 is 0.